The number of aliphatic hydroxyl groups excluding tert-OH is 1. The zero-order valence-electron chi connectivity index (χ0n) is 13.9. The summed E-state index contributed by atoms with van der Waals surface area (Å²) in [5.41, 5.74) is 7.43. The van der Waals surface area contributed by atoms with Crippen molar-refractivity contribution in [3.05, 3.63) is 0 Å². The lowest BCUT2D eigenvalue weighted by molar-refractivity contribution is -0.122. The molecular weight excluding hydrogens is 258 g/mol. The van der Waals surface area contributed by atoms with Crippen molar-refractivity contribution in [2.45, 2.75) is 83.8 Å². The van der Waals surface area contributed by atoms with E-state index in [9.17, 15) is 5.11 Å². The molecule has 0 aromatic carbocycles. The number of hydrogen-bond acceptors (Lipinski definition) is 2. The maximum Gasteiger partial charge on any atom is 0.0543 e. The Morgan fingerprint density at radius 3 is 2.38 bits per heavy atom. The Bertz CT molecular complexity index is 424. The van der Waals surface area contributed by atoms with E-state index in [2.05, 4.69) is 13.8 Å². The Balaban J connectivity index is 1.62. The second-order valence-electron chi connectivity index (χ2n) is 9.31. The maximum absolute atomic E-state index is 10.1. The van der Waals surface area contributed by atoms with Crippen molar-refractivity contribution in [1.82, 2.24) is 0 Å². The van der Waals surface area contributed by atoms with Crippen LogP contribution in [0, 0.1) is 34.5 Å². The minimum absolute atomic E-state index is 0.0200. The number of rotatable bonds is 0. The number of nitrogens with two attached hydrogens (primary N) is 1. The van der Waals surface area contributed by atoms with Gasteiger partial charge in [-0.1, -0.05) is 13.8 Å². The van der Waals surface area contributed by atoms with Crippen LogP contribution in [0.5, 0.6) is 0 Å². The molecule has 4 rings (SSSR count). The molecule has 0 aliphatic heterocycles. The maximum atomic E-state index is 10.1. The standard InChI is InChI=1S/C19H33NO/c1-18-9-7-13(21)11-12(18)3-4-14-15-5-6-17(20)19(15,2)10-8-16(14)18/h12-17,21H,3-11,20H2,1-2H3/t12-,13+,14+,15+,16-,17+,18-,19-/m0/s1. The van der Waals surface area contributed by atoms with Crippen LogP contribution in [0.4, 0.5) is 0 Å². The highest BCUT2D eigenvalue weighted by Gasteiger charge is 2.59. The lowest BCUT2D eigenvalue weighted by Gasteiger charge is -2.60. The van der Waals surface area contributed by atoms with Gasteiger partial charge in [0.05, 0.1) is 6.10 Å². The predicted octanol–water partition coefficient (Wildman–Crippen LogP) is 3.72. The predicted molar refractivity (Wildman–Crippen MR) is 85.7 cm³/mol. The van der Waals surface area contributed by atoms with Gasteiger partial charge in [-0.3, -0.25) is 0 Å². The highest BCUT2D eigenvalue weighted by atomic mass is 16.3. The first-order valence-electron chi connectivity index (χ1n) is 9.39. The fraction of sp³-hybridized carbons (Fsp3) is 1.00. The summed E-state index contributed by atoms with van der Waals surface area (Å²) in [5, 5.41) is 10.1. The molecule has 0 unspecified atom stereocenters. The Hall–Kier alpha value is -0.0800. The van der Waals surface area contributed by atoms with Crippen LogP contribution < -0.4 is 5.73 Å². The van der Waals surface area contributed by atoms with Gasteiger partial charge in [0.2, 0.25) is 0 Å². The third-order valence-electron chi connectivity index (χ3n) is 8.71. The van der Waals surface area contributed by atoms with E-state index in [0.717, 1.165) is 36.5 Å². The first kappa shape index (κ1) is 14.5. The molecule has 4 fully saturated rings. The number of fused-ring (bicyclic) bond motifs is 5. The summed E-state index contributed by atoms with van der Waals surface area (Å²) in [6, 6.07) is 0.446. The lowest BCUT2D eigenvalue weighted by Crippen LogP contribution is -2.55. The van der Waals surface area contributed by atoms with Crippen molar-refractivity contribution in [2.75, 3.05) is 0 Å². The highest BCUT2D eigenvalue weighted by molar-refractivity contribution is 5.10. The van der Waals surface area contributed by atoms with E-state index in [-0.39, 0.29) is 6.10 Å². The first-order chi connectivity index (χ1) is 9.95. The van der Waals surface area contributed by atoms with E-state index in [0.29, 0.717) is 16.9 Å². The summed E-state index contributed by atoms with van der Waals surface area (Å²) in [7, 11) is 0. The van der Waals surface area contributed by atoms with Crippen molar-refractivity contribution >= 4 is 0 Å². The van der Waals surface area contributed by atoms with Crippen LogP contribution in [0.1, 0.15) is 71.6 Å². The van der Waals surface area contributed by atoms with Gasteiger partial charge >= 0.3 is 0 Å². The first-order valence-corrected chi connectivity index (χ1v) is 9.39. The Kier molecular flexibility index (Phi) is 3.25. The van der Waals surface area contributed by atoms with Gasteiger partial charge in [-0.05, 0) is 92.3 Å². The molecule has 8 atom stereocenters. The monoisotopic (exact) mass is 291 g/mol. The largest absolute Gasteiger partial charge is 0.393 e. The summed E-state index contributed by atoms with van der Waals surface area (Å²) in [4.78, 5) is 0. The molecule has 0 amide bonds. The summed E-state index contributed by atoms with van der Waals surface area (Å²) in [6.45, 7) is 5.06. The van der Waals surface area contributed by atoms with Gasteiger partial charge < -0.3 is 10.8 Å². The van der Waals surface area contributed by atoms with Gasteiger partial charge in [0, 0.05) is 6.04 Å². The van der Waals surface area contributed by atoms with E-state index < -0.39 is 0 Å². The van der Waals surface area contributed by atoms with Crippen LogP contribution in [-0.4, -0.2) is 17.3 Å². The fourth-order valence-electron chi connectivity index (χ4n) is 7.28. The lowest BCUT2D eigenvalue weighted by atomic mass is 9.45. The molecule has 0 aromatic heterocycles. The average Bonchev–Trinajstić information content (AvgIpc) is 2.76. The molecule has 0 spiro atoms. The molecule has 4 aliphatic rings. The highest BCUT2D eigenvalue weighted by Crippen LogP contribution is 2.65. The molecule has 0 saturated heterocycles. The molecule has 4 aliphatic carbocycles. The Morgan fingerprint density at radius 2 is 1.57 bits per heavy atom. The minimum atomic E-state index is -0.0200. The third-order valence-corrected chi connectivity index (χ3v) is 8.71. The molecule has 120 valence electrons. The number of hydrogen-bond donors (Lipinski definition) is 2. The van der Waals surface area contributed by atoms with Crippen molar-refractivity contribution < 1.29 is 5.11 Å². The smallest absolute Gasteiger partial charge is 0.0543 e. The van der Waals surface area contributed by atoms with Crippen molar-refractivity contribution in [2.24, 2.45) is 40.2 Å². The van der Waals surface area contributed by atoms with Gasteiger partial charge in [-0.15, -0.1) is 0 Å². The van der Waals surface area contributed by atoms with E-state index in [4.69, 9.17) is 5.73 Å². The fourth-order valence-corrected chi connectivity index (χ4v) is 7.28. The summed E-state index contributed by atoms with van der Waals surface area (Å²) in [5.74, 6) is 3.50. The van der Waals surface area contributed by atoms with Crippen LogP contribution in [0.25, 0.3) is 0 Å². The van der Waals surface area contributed by atoms with Crippen LogP contribution >= 0.6 is 0 Å². The molecule has 0 radical (unpaired) electrons. The second kappa shape index (κ2) is 4.71. The van der Waals surface area contributed by atoms with Crippen LogP contribution in [0.15, 0.2) is 0 Å². The topological polar surface area (TPSA) is 46.2 Å². The SMILES string of the molecule is C[C@]12CC[C@@H](O)C[C@@H]1CC[C@@H]1[C@H]3CC[C@@H](N)[C@@]3(C)CC[C@@H]12. The minimum Gasteiger partial charge on any atom is -0.393 e. The summed E-state index contributed by atoms with van der Waals surface area (Å²) < 4.78 is 0. The quantitative estimate of drug-likeness (QED) is 0.714. The van der Waals surface area contributed by atoms with Gasteiger partial charge in [0.15, 0.2) is 0 Å². The molecule has 2 nitrogen and oxygen atoms in total. The normalized spacial score (nSPS) is 60.0. The Labute approximate surface area is 129 Å². The molecule has 0 heterocycles. The van der Waals surface area contributed by atoms with Gasteiger partial charge in [0.25, 0.3) is 0 Å². The van der Waals surface area contributed by atoms with E-state index in [1.807, 2.05) is 0 Å². The van der Waals surface area contributed by atoms with E-state index in [1.165, 1.54) is 44.9 Å². The van der Waals surface area contributed by atoms with E-state index >= 15 is 0 Å². The molecule has 0 aromatic rings. The molecular formula is C19H33NO. The zero-order valence-corrected chi connectivity index (χ0v) is 13.9. The molecule has 4 saturated carbocycles. The van der Waals surface area contributed by atoms with Crippen molar-refractivity contribution in [1.29, 1.82) is 0 Å². The molecule has 2 heteroatoms. The van der Waals surface area contributed by atoms with Crippen LogP contribution in [0.2, 0.25) is 0 Å². The third kappa shape index (κ3) is 1.91. The molecule has 0 bridgehead atoms. The Morgan fingerprint density at radius 1 is 0.857 bits per heavy atom. The van der Waals surface area contributed by atoms with Gasteiger partial charge in [-0.25, -0.2) is 0 Å². The average molecular weight is 291 g/mol. The molecule has 21 heavy (non-hydrogen) atoms. The second-order valence-corrected chi connectivity index (χ2v) is 9.31. The van der Waals surface area contributed by atoms with Gasteiger partial charge in [-0.2, -0.15) is 0 Å². The zero-order chi connectivity index (χ0) is 14.8. The summed E-state index contributed by atoms with van der Waals surface area (Å²) >= 11 is 0. The van der Waals surface area contributed by atoms with Crippen LogP contribution in [-0.2, 0) is 0 Å². The number of aliphatic hydroxyl groups is 1. The van der Waals surface area contributed by atoms with E-state index in [1.54, 1.807) is 0 Å². The van der Waals surface area contributed by atoms with Crippen molar-refractivity contribution in [3.8, 4) is 0 Å². The summed E-state index contributed by atoms with van der Waals surface area (Å²) in [6.07, 6.45) is 11.5. The van der Waals surface area contributed by atoms with Crippen LogP contribution in [0.3, 0.4) is 0 Å². The van der Waals surface area contributed by atoms with Crippen molar-refractivity contribution in [3.63, 3.8) is 0 Å². The molecule has 3 N–H and O–H groups in total. The van der Waals surface area contributed by atoms with Gasteiger partial charge in [0.1, 0.15) is 0 Å².